The maximum atomic E-state index is 12.5. The Morgan fingerprint density at radius 2 is 2.00 bits per heavy atom. The van der Waals surface area contributed by atoms with Crippen molar-refractivity contribution in [2.75, 3.05) is 19.6 Å². The van der Waals surface area contributed by atoms with Gasteiger partial charge in [-0.15, -0.1) is 0 Å². The molecular formula is C18H26N4O4S. The smallest absolute Gasteiger partial charge is 0.287 e. The normalized spacial score (nSPS) is 16.6. The Balaban J connectivity index is 1.57. The van der Waals surface area contributed by atoms with E-state index in [1.165, 1.54) is 16.4 Å². The summed E-state index contributed by atoms with van der Waals surface area (Å²) >= 11 is 0. The third-order valence-electron chi connectivity index (χ3n) is 4.66. The Morgan fingerprint density at radius 1 is 1.30 bits per heavy atom. The van der Waals surface area contributed by atoms with Gasteiger partial charge >= 0.3 is 0 Å². The first-order valence-electron chi connectivity index (χ1n) is 9.16. The minimum Gasteiger partial charge on any atom is -0.438 e. The molecule has 0 saturated carbocycles. The highest BCUT2D eigenvalue weighted by atomic mass is 32.2. The van der Waals surface area contributed by atoms with Gasteiger partial charge in [-0.1, -0.05) is 6.92 Å². The monoisotopic (exact) mass is 394 g/mol. The Bertz CT molecular complexity index is 910. The third kappa shape index (κ3) is 4.41. The fourth-order valence-electron chi connectivity index (χ4n) is 3.21. The fraction of sp³-hybridized carbons (Fsp3) is 0.556. The second kappa shape index (κ2) is 7.85. The van der Waals surface area contributed by atoms with Crippen molar-refractivity contribution >= 4 is 15.9 Å². The standard InChI is InChI=1S/C18H26N4O4S/c1-13(12-22-15(3)10-14(2)20-22)11-19-18(23)16-6-7-17(26-16)27(24,25)21-8-4-5-9-21/h6-7,10,13H,4-5,8-9,11-12H2,1-3H3,(H,19,23)/t13-/m1/s1. The van der Waals surface area contributed by atoms with E-state index in [2.05, 4.69) is 10.4 Å². The molecule has 1 atom stereocenters. The first kappa shape index (κ1) is 19.6. The van der Waals surface area contributed by atoms with E-state index in [0.717, 1.165) is 24.2 Å². The summed E-state index contributed by atoms with van der Waals surface area (Å²) in [7, 11) is -3.65. The van der Waals surface area contributed by atoms with Crippen LogP contribution in [0.15, 0.2) is 27.7 Å². The van der Waals surface area contributed by atoms with Crippen molar-refractivity contribution < 1.29 is 17.6 Å². The van der Waals surface area contributed by atoms with Crippen molar-refractivity contribution in [3.05, 3.63) is 35.3 Å². The van der Waals surface area contributed by atoms with Gasteiger partial charge in [-0.05, 0) is 50.8 Å². The van der Waals surface area contributed by atoms with E-state index in [1.54, 1.807) is 0 Å². The van der Waals surface area contributed by atoms with E-state index in [9.17, 15) is 13.2 Å². The number of hydrogen-bond donors (Lipinski definition) is 1. The molecular weight excluding hydrogens is 368 g/mol. The quantitative estimate of drug-likeness (QED) is 0.774. The first-order valence-corrected chi connectivity index (χ1v) is 10.6. The van der Waals surface area contributed by atoms with E-state index in [4.69, 9.17) is 4.42 Å². The number of aromatic nitrogens is 2. The van der Waals surface area contributed by atoms with Crippen molar-refractivity contribution in [2.24, 2.45) is 5.92 Å². The molecule has 3 heterocycles. The van der Waals surface area contributed by atoms with Gasteiger partial charge in [0.1, 0.15) is 0 Å². The molecule has 0 radical (unpaired) electrons. The van der Waals surface area contributed by atoms with Gasteiger partial charge in [-0.3, -0.25) is 9.48 Å². The van der Waals surface area contributed by atoms with Gasteiger partial charge < -0.3 is 9.73 Å². The zero-order chi connectivity index (χ0) is 19.6. The van der Waals surface area contributed by atoms with E-state index in [1.807, 2.05) is 31.5 Å². The zero-order valence-corrected chi connectivity index (χ0v) is 16.8. The second-order valence-corrected chi connectivity index (χ2v) is 9.02. The van der Waals surface area contributed by atoms with Crippen molar-refractivity contribution in [1.29, 1.82) is 0 Å². The lowest BCUT2D eigenvalue weighted by Crippen LogP contribution is -2.30. The largest absolute Gasteiger partial charge is 0.438 e. The summed E-state index contributed by atoms with van der Waals surface area (Å²) in [5, 5.41) is 7.04. The number of carbonyl (C=O) groups excluding carboxylic acids is 1. The van der Waals surface area contributed by atoms with Gasteiger partial charge in [-0.25, -0.2) is 8.42 Å². The van der Waals surface area contributed by atoms with Crippen LogP contribution in [-0.4, -0.2) is 48.0 Å². The van der Waals surface area contributed by atoms with Crippen molar-refractivity contribution in [3.63, 3.8) is 0 Å². The molecule has 0 bridgehead atoms. The van der Waals surface area contributed by atoms with E-state index in [0.29, 0.717) is 26.2 Å². The summed E-state index contributed by atoms with van der Waals surface area (Å²) in [6.45, 7) is 8.07. The highest BCUT2D eigenvalue weighted by Crippen LogP contribution is 2.22. The van der Waals surface area contributed by atoms with Crippen LogP contribution >= 0.6 is 0 Å². The first-order chi connectivity index (χ1) is 12.8. The highest BCUT2D eigenvalue weighted by molar-refractivity contribution is 7.89. The average Bonchev–Trinajstić information content (AvgIpc) is 3.34. The van der Waals surface area contributed by atoms with Gasteiger partial charge in [0, 0.05) is 31.9 Å². The van der Waals surface area contributed by atoms with Gasteiger partial charge in [-0.2, -0.15) is 9.40 Å². The summed E-state index contributed by atoms with van der Waals surface area (Å²) in [5.74, 6) is -0.251. The maximum absolute atomic E-state index is 12.5. The molecule has 8 nitrogen and oxygen atoms in total. The Labute approximate surface area is 159 Å². The predicted molar refractivity (Wildman–Crippen MR) is 99.9 cm³/mol. The van der Waals surface area contributed by atoms with Crippen LogP contribution in [0.25, 0.3) is 0 Å². The molecule has 1 amide bonds. The fourth-order valence-corrected chi connectivity index (χ4v) is 4.64. The van der Waals surface area contributed by atoms with Gasteiger partial charge in [0.15, 0.2) is 5.76 Å². The lowest BCUT2D eigenvalue weighted by atomic mass is 10.2. The lowest BCUT2D eigenvalue weighted by molar-refractivity contribution is 0.0913. The summed E-state index contributed by atoms with van der Waals surface area (Å²) < 4.78 is 33.6. The zero-order valence-electron chi connectivity index (χ0n) is 15.9. The number of aryl methyl sites for hydroxylation is 2. The minimum atomic E-state index is -3.65. The molecule has 1 fully saturated rings. The molecule has 2 aromatic rings. The Hall–Kier alpha value is -2.13. The number of nitrogens with one attached hydrogen (secondary N) is 1. The molecule has 1 aliphatic heterocycles. The molecule has 0 aliphatic carbocycles. The molecule has 3 rings (SSSR count). The lowest BCUT2D eigenvalue weighted by Gasteiger charge is -2.14. The SMILES string of the molecule is Cc1cc(C)n(C[C@H](C)CNC(=O)c2ccc(S(=O)(=O)N3CCCC3)o2)n1. The molecule has 0 spiro atoms. The summed E-state index contributed by atoms with van der Waals surface area (Å²) in [4.78, 5) is 12.3. The molecule has 1 aliphatic rings. The molecule has 1 N–H and O–H groups in total. The third-order valence-corrected chi connectivity index (χ3v) is 6.44. The van der Waals surface area contributed by atoms with Crippen LogP contribution in [0.1, 0.15) is 41.7 Å². The minimum absolute atomic E-state index is 0.00564. The van der Waals surface area contributed by atoms with Crippen LogP contribution in [0.3, 0.4) is 0 Å². The van der Waals surface area contributed by atoms with E-state index in [-0.39, 0.29) is 16.8 Å². The number of rotatable bonds is 7. The molecule has 0 aromatic carbocycles. The van der Waals surface area contributed by atoms with E-state index < -0.39 is 15.9 Å². The van der Waals surface area contributed by atoms with Crippen LogP contribution in [-0.2, 0) is 16.6 Å². The van der Waals surface area contributed by atoms with Crippen LogP contribution in [0, 0.1) is 19.8 Å². The number of sulfonamides is 1. The number of amides is 1. The van der Waals surface area contributed by atoms with E-state index >= 15 is 0 Å². The second-order valence-electron chi connectivity index (χ2n) is 7.15. The number of nitrogens with zero attached hydrogens (tertiary/aromatic N) is 3. The molecule has 9 heteroatoms. The number of carbonyl (C=O) groups is 1. The molecule has 0 unspecified atom stereocenters. The average molecular weight is 394 g/mol. The summed E-state index contributed by atoms with van der Waals surface area (Å²) in [6, 6.07) is 4.77. The molecule has 27 heavy (non-hydrogen) atoms. The Morgan fingerprint density at radius 3 is 2.63 bits per heavy atom. The molecule has 2 aromatic heterocycles. The van der Waals surface area contributed by atoms with Crippen molar-refractivity contribution in [1.82, 2.24) is 19.4 Å². The Kier molecular flexibility index (Phi) is 5.71. The summed E-state index contributed by atoms with van der Waals surface area (Å²) in [5.41, 5.74) is 2.04. The maximum Gasteiger partial charge on any atom is 0.287 e. The van der Waals surface area contributed by atoms with Crippen LogP contribution in [0.2, 0.25) is 0 Å². The van der Waals surface area contributed by atoms with Gasteiger partial charge in [0.05, 0.1) is 5.69 Å². The highest BCUT2D eigenvalue weighted by Gasteiger charge is 2.30. The molecule has 1 saturated heterocycles. The summed E-state index contributed by atoms with van der Waals surface area (Å²) in [6.07, 6.45) is 1.70. The van der Waals surface area contributed by atoms with Crippen molar-refractivity contribution in [2.45, 2.75) is 45.2 Å². The van der Waals surface area contributed by atoms with Crippen LogP contribution in [0.4, 0.5) is 0 Å². The van der Waals surface area contributed by atoms with Crippen molar-refractivity contribution in [3.8, 4) is 0 Å². The van der Waals surface area contributed by atoms with Crippen LogP contribution < -0.4 is 5.32 Å². The molecule has 148 valence electrons. The predicted octanol–water partition coefficient (Wildman–Crippen LogP) is 1.94. The topological polar surface area (TPSA) is 97.4 Å². The van der Waals surface area contributed by atoms with Crippen LogP contribution in [0.5, 0.6) is 0 Å². The number of furan rings is 1. The van der Waals surface area contributed by atoms with Gasteiger partial charge in [0.2, 0.25) is 5.09 Å². The number of hydrogen-bond acceptors (Lipinski definition) is 5. The van der Waals surface area contributed by atoms with Gasteiger partial charge in [0.25, 0.3) is 15.9 Å².